The second kappa shape index (κ2) is 4.39. The van der Waals surface area contributed by atoms with E-state index in [2.05, 4.69) is 4.90 Å². The van der Waals surface area contributed by atoms with Crippen LogP contribution in [-0.4, -0.2) is 33.4 Å². The normalized spacial score (nSPS) is 17.9. The monoisotopic (exact) mass is 224 g/mol. The minimum atomic E-state index is -0.210. The van der Waals surface area contributed by atoms with E-state index in [-0.39, 0.29) is 11.2 Å². The van der Waals surface area contributed by atoms with Gasteiger partial charge in [0.2, 0.25) is 0 Å². The topological polar surface area (TPSA) is 38.5 Å². The molecule has 1 fully saturated rings. The van der Waals surface area contributed by atoms with Crippen molar-refractivity contribution in [2.24, 2.45) is 11.1 Å². The molecule has 88 valence electrons. The number of hydrogen-bond donors (Lipinski definition) is 1. The fourth-order valence-electron chi connectivity index (χ4n) is 1.95. The average molecular weight is 224 g/mol. The first kappa shape index (κ1) is 11.4. The highest BCUT2D eigenvalue weighted by molar-refractivity contribution is 5.45. The Labute approximate surface area is 95.0 Å². The average Bonchev–Trinajstić information content (AvgIpc) is 2.24. The molecule has 1 aliphatic rings. The van der Waals surface area contributed by atoms with E-state index >= 15 is 0 Å². The molecule has 2 rings (SSSR count). The molecule has 16 heavy (non-hydrogen) atoms. The van der Waals surface area contributed by atoms with Crippen LogP contribution in [0.15, 0.2) is 24.3 Å². The number of anilines is 1. The number of benzene rings is 1. The Morgan fingerprint density at radius 3 is 2.44 bits per heavy atom. The van der Waals surface area contributed by atoms with Crippen molar-refractivity contribution in [1.29, 1.82) is 0 Å². The Morgan fingerprint density at radius 1 is 1.38 bits per heavy atom. The maximum atomic E-state index is 12.8. The van der Waals surface area contributed by atoms with Gasteiger partial charge in [-0.3, -0.25) is 0 Å². The van der Waals surface area contributed by atoms with Gasteiger partial charge in [-0.15, -0.1) is 0 Å². The summed E-state index contributed by atoms with van der Waals surface area (Å²) < 4.78 is 18.0. The SMILES string of the molecule is CN(CC1(CN)COC1)c1ccc(F)cc1. The van der Waals surface area contributed by atoms with Crippen LogP contribution in [-0.2, 0) is 4.74 Å². The molecule has 0 saturated carbocycles. The van der Waals surface area contributed by atoms with Crippen LogP contribution >= 0.6 is 0 Å². The molecule has 0 bridgehead atoms. The highest BCUT2D eigenvalue weighted by Gasteiger charge is 2.38. The summed E-state index contributed by atoms with van der Waals surface area (Å²) in [6, 6.07) is 6.49. The second-order valence-corrected chi connectivity index (χ2v) is 4.53. The summed E-state index contributed by atoms with van der Waals surface area (Å²) in [7, 11) is 1.99. The van der Waals surface area contributed by atoms with Gasteiger partial charge in [0.15, 0.2) is 0 Å². The molecule has 0 unspecified atom stereocenters. The smallest absolute Gasteiger partial charge is 0.123 e. The van der Waals surface area contributed by atoms with Gasteiger partial charge in [0.25, 0.3) is 0 Å². The van der Waals surface area contributed by atoms with Gasteiger partial charge in [-0.05, 0) is 24.3 Å². The summed E-state index contributed by atoms with van der Waals surface area (Å²) in [5.41, 5.74) is 6.83. The third-order valence-electron chi connectivity index (χ3n) is 3.09. The van der Waals surface area contributed by atoms with Crippen LogP contribution in [0.4, 0.5) is 10.1 Å². The van der Waals surface area contributed by atoms with E-state index < -0.39 is 0 Å². The predicted octanol–water partition coefficient (Wildman–Crippen LogP) is 1.24. The van der Waals surface area contributed by atoms with Gasteiger partial charge < -0.3 is 15.4 Å². The van der Waals surface area contributed by atoms with Gasteiger partial charge in [0.1, 0.15) is 5.82 Å². The summed E-state index contributed by atoms with van der Waals surface area (Å²) in [5, 5.41) is 0. The largest absolute Gasteiger partial charge is 0.380 e. The molecule has 0 atom stereocenters. The molecule has 0 aromatic heterocycles. The maximum absolute atomic E-state index is 12.8. The van der Waals surface area contributed by atoms with Crippen LogP contribution in [0.25, 0.3) is 0 Å². The Morgan fingerprint density at radius 2 is 2.00 bits per heavy atom. The Balaban J connectivity index is 2.02. The molecule has 4 heteroatoms. The van der Waals surface area contributed by atoms with E-state index in [1.165, 1.54) is 12.1 Å². The summed E-state index contributed by atoms with van der Waals surface area (Å²) in [6.07, 6.45) is 0. The van der Waals surface area contributed by atoms with Gasteiger partial charge >= 0.3 is 0 Å². The van der Waals surface area contributed by atoms with Gasteiger partial charge in [0.05, 0.1) is 13.2 Å². The molecule has 1 saturated heterocycles. The zero-order chi connectivity index (χ0) is 11.6. The molecule has 0 aliphatic carbocycles. The standard InChI is InChI=1S/C12H17FN2O/c1-15(7-12(6-14)8-16-9-12)11-4-2-10(13)3-5-11/h2-5H,6-9,14H2,1H3. The fourth-order valence-corrected chi connectivity index (χ4v) is 1.95. The molecule has 0 spiro atoms. The lowest BCUT2D eigenvalue weighted by atomic mass is 9.85. The van der Waals surface area contributed by atoms with Gasteiger partial charge in [0, 0.05) is 31.2 Å². The number of nitrogens with two attached hydrogens (primary N) is 1. The number of rotatable bonds is 4. The Kier molecular flexibility index (Phi) is 3.12. The summed E-state index contributed by atoms with van der Waals surface area (Å²) in [4.78, 5) is 2.09. The van der Waals surface area contributed by atoms with Gasteiger partial charge in [-0.1, -0.05) is 0 Å². The highest BCUT2D eigenvalue weighted by atomic mass is 19.1. The summed E-state index contributed by atoms with van der Waals surface area (Å²) in [5.74, 6) is -0.210. The maximum Gasteiger partial charge on any atom is 0.123 e. The zero-order valence-corrected chi connectivity index (χ0v) is 9.45. The van der Waals surface area contributed by atoms with Crippen LogP contribution in [0, 0.1) is 11.2 Å². The van der Waals surface area contributed by atoms with E-state index in [9.17, 15) is 4.39 Å². The molecule has 2 N–H and O–H groups in total. The van der Waals surface area contributed by atoms with Crippen LogP contribution in [0.3, 0.4) is 0 Å². The van der Waals surface area contributed by atoms with Gasteiger partial charge in [-0.25, -0.2) is 4.39 Å². The number of hydrogen-bond acceptors (Lipinski definition) is 3. The van der Waals surface area contributed by atoms with E-state index in [0.29, 0.717) is 6.54 Å². The quantitative estimate of drug-likeness (QED) is 0.836. The van der Waals surface area contributed by atoms with Crippen LogP contribution < -0.4 is 10.6 Å². The Hall–Kier alpha value is -1.13. The zero-order valence-electron chi connectivity index (χ0n) is 9.45. The van der Waals surface area contributed by atoms with Crippen molar-refractivity contribution < 1.29 is 9.13 Å². The molecule has 1 aromatic carbocycles. The number of halogens is 1. The molecule has 1 aliphatic heterocycles. The van der Waals surface area contributed by atoms with Crippen molar-refractivity contribution in [3.05, 3.63) is 30.1 Å². The van der Waals surface area contributed by atoms with E-state index in [1.807, 2.05) is 7.05 Å². The number of nitrogens with zero attached hydrogens (tertiary/aromatic N) is 1. The molecule has 1 aromatic rings. The summed E-state index contributed by atoms with van der Waals surface area (Å²) >= 11 is 0. The van der Waals surface area contributed by atoms with Crippen LogP contribution in [0.2, 0.25) is 0 Å². The molecule has 0 amide bonds. The minimum Gasteiger partial charge on any atom is -0.380 e. The third-order valence-corrected chi connectivity index (χ3v) is 3.09. The minimum absolute atomic E-state index is 0.0726. The van der Waals surface area contributed by atoms with Crippen LogP contribution in [0.5, 0.6) is 0 Å². The molecule has 1 heterocycles. The number of ether oxygens (including phenoxy) is 1. The molecular weight excluding hydrogens is 207 g/mol. The third kappa shape index (κ3) is 2.18. The highest BCUT2D eigenvalue weighted by Crippen LogP contribution is 2.28. The van der Waals surface area contributed by atoms with Crippen molar-refractivity contribution >= 4 is 5.69 Å². The lowest BCUT2D eigenvalue weighted by Crippen LogP contribution is -2.54. The molecule has 0 radical (unpaired) electrons. The van der Waals surface area contributed by atoms with Crippen molar-refractivity contribution in [3.8, 4) is 0 Å². The van der Waals surface area contributed by atoms with Crippen molar-refractivity contribution in [2.45, 2.75) is 0 Å². The first-order chi connectivity index (χ1) is 7.65. The first-order valence-electron chi connectivity index (χ1n) is 5.40. The van der Waals surface area contributed by atoms with Crippen molar-refractivity contribution in [1.82, 2.24) is 0 Å². The van der Waals surface area contributed by atoms with Crippen LogP contribution in [0.1, 0.15) is 0 Å². The van der Waals surface area contributed by atoms with E-state index in [1.54, 1.807) is 12.1 Å². The Bertz CT molecular complexity index is 343. The predicted molar refractivity (Wildman–Crippen MR) is 62.0 cm³/mol. The fraction of sp³-hybridized carbons (Fsp3) is 0.500. The van der Waals surface area contributed by atoms with E-state index in [4.69, 9.17) is 10.5 Å². The van der Waals surface area contributed by atoms with Crippen molar-refractivity contribution in [3.63, 3.8) is 0 Å². The molecular formula is C12H17FN2O. The second-order valence-electron chi connectivity index (χ2n) is 4.53. The van der Waals surface area contributed by atoms with Crippen molar-refractivity contribution in [2.75, 3.05) is 38.3 Å². The van der Waals surface area contributed by atoms with Gasteiger partial charge in [-0.2, -0.15) is 0 Å². The first-order valence-corrected chi connectivity index (χ1v) is 5.40. The lowest BCUT2D eigenvalue weighted by Gasteiger charge is -2.43. The molecule has 3 nitrogen and oxygen atoms in total. The lowest BCUT2D eigenvalue weighted by molar-refractivity contribution is -0.101. The summed E-state index contributed by atoms with van der Waals surface area (Å²) in [6.45, 7) is 2.90. The van der Waals surface area contributed by atoms with E-state index in [0.717, 1.165) is 25.4 Å².